The lowest BCUT2D eigenvalue weighted by Crippen LogP contribution is -2.11. The van der Waals surface area contributed by atoms with Gasteiger partial charge in [0.2, 0.25) is 5.88 Å². The van der Waals surface area contributed by atoms with Crippen LogP contribution in [-0.4, -0.2) is 4.98 Å². The Bertz CT molecular complexity index is 1120. The van der Waals surface area contributed by atoms with Crippen LogP contribution in [0.2, 0.25) is 0 Å². The van der Waals surface area contributed by atoms with Gasteiger partial charge in [0.25, 0.3) is 0 Å². The molecule has 0 bridgehead atoms. The Morgan fingerprint density at radius 3 is 2.61 bits per heavy atom. The molecule has 3 aromatic rings. The van der Waals surface area contributed by atoms with Gasteiger partial charge in [-0.25, -0.2) is 4.98 Å². The molecule has 160 valence electrons. The maximum absolute atomic E-state index is 13.6. The van der Waals surface area contributed by atoms with Crippen molar-refractivity contribution in [3.05, 3.63) is 93.7 Å². The number of hydrogen-bond acceptors (Lipinski definition) is 2. The van der Waals surface area contributed by atoms with Crippen LogP contribution in [0, 0.1) is 5.92 Å². The maximum atomic E-state index is 13.6. The van der Waals surface area contributed by atoms with E-state index < -0.39 is 11.7 Å². The third-order valence-corrected chi connectivity index (χ3v) is 6.58. The van der Waals surface area contributed by atoms with Crippen LogP contribution >= 0.6 is 0 Å². The highest BCUT2D eigenvalue weighted by molar-refractivity contribution is 5.48. The van der Waals surface area contributed by atoms with Gasteiger partial charge < -0.3 is 4.74 Å². The van der Waals surface area contributed by atoms with Crippen LogP contribution in [-0.2, 0) is 32.0 Å². The number of fused-ring (bicyclic) bond motifs is 2. The standard InChI is InChI=1S/C26H24F3NO/c1-16-11-18-13-25(30-14-19(18)12-16)31-15-17-5-4-7-21-20(17)9-10-22(21)23-6-2-3-8-24(23)26(27,28)29/h2-8,13-14,16,22H,9-12,15H2,1H3. The minimum Gasteiger partial charge on any atom is -0.473 e. The zero-order valence-corrected chi connectivity index (χ0v) is 17.4. The van der Waals surface area contributed by atoms with Crippen molar-refractivity contribution >= 4 is 0 Å². The molecule has 0 saturated carbocycles. The van der Waals surface area contributed by atoms with Crippen molar-refractivity contribution in [2.45, 2.75) is 51.3 Å². The highest BCUT2D eigenvalue weighted by Crippen LogP contribution is 2.44. The molecule has 0 spiro atoms. The second-order valence-corrected chi connectivity index (χ2v) is 8.75. The molecule has 0 fully saturated rings. The van der Waals surface area contributed by atoms with Gasteiger partial charge in [-0.05, 0) is 71.0 Å². The molecule has 0 saturated heterocycles. The topological polar surface area (TPSA) is 22.1 Å². The van der Waals surface area contributed by atoms with E-state index in [1.165, 1.54) is 23.3 Å². The maximum Gasteiger partial charge on any atom is 0.416 e. The Labute approximate surface area is 180 Å². The largest absolute Gasteiger partial charge is 0.473 e. The molecule has 0 N–H and O–H groups in total. The van der Waals surface area contributed by atoms with E-state index in [1.807, 2.05) is 30.5 Å². The van der Waals surface area contributed by atoms with E-state index in [4.69, 9.17) is 4.74 Å². The van der Waals surface area contributed by atoms with E-state index in [9.17, 15) is 13.2 Å². The monoisotopic (exact) mass is 423 g/mol. The summed E-state index contributed by atoms with van der Waals surface area (Å²) in [5, 5.41) is 0. The molecule has 31 heavy (non-hydrogen) atoms. The van der Waals surface area contributed by atoms with Gasteiger partial charge in [-0.2, -0.15) is 13.2 Å². The zero-order valence-electron chi connectivity index (χ0n) is 17.4. The summed E-state index contributed by atoms with van der Waals surface area (Å²) in [6.45, 7) is 2.61. The highest BCUT2D eigenvalue weighted by atomic mass is 19.4. The first-order valence-electron chi connectivity index (χ1n) is 10.8. The number of alkyl halides is 3. The summed E-state index contributed by atoms with van der Waals surface area (Å²) in [5.74, 6) is 1.01. The molecule has 0 radical (unpaired) electrons. The fourth-order valence-electron chi connectivity index (χ4n) is 5.18. The van der Waals surface area contributed by atoms with Crippen molar-refractivity contribution in [2.75, 3.05) is 0 Å². The van der Waals surface area contributed by atoms with E-state index >= 15 is 0 Å². The third kappa shape index (κ3) is 3.82. The quantitative estimate of drug-likeness (QED) is 0.478. The van der Waals surface area contributed by atoms with Crippen molar-refractivity contribution in [3.63, 3.8) is 0 Å². The van der Waals surface area contributed by atoms with Crippen molar-refractivity contribution in [2.24, 2.45) is 5.92 Å². The van der Waals surface area contributed by atoms with Crippen LogP contribution in [0.15, 0.2) is 54.7 Å². The molecule has 2 unspecified atom stereocenters. The Morgan fingerprint density at radius 1 is 1.00 bits per heavy atom. The first-order valence-corrected chi connectivity index (χ1v) is 10.8. The summed E-state index contributed by atoms with van der Waals surface area (Å²) < 4.78 is 46.7. The second-order valence-electron chi connectivity index (χ2n) is 8.75. The molecule has 1 heterocycles. The van der Waals surface area contributed by atoms with E-state index in [0.717, 1.165) is 36.0 Å². The normalized spacial score (nSPS) is 19.9. The molecule has 2 aliphatic carbocycles. The molecule has 2 aromatic carbocycles. The van der Waals surface area contributed by atoms with Crippen LogP contribution in [0.1, 0.15) is 58.2 Å². The van der Waals surface area contributed by atoms with Crippen molar-refractivity contribution in [1.29, 1.82) is 0 Å². The van der Waals surface area contributed by atoms with Gasteiger partial charge in [-0.15, -0.1) is 0 Å². The van der Waals surface area contributed by atoms with Crippen molar-refractivity contribution in [3.8, 4) is 5.88 Å². The summed E-state index contributed by atoms with van der Waals surface area (Å²) in [6.07, 6.45) is 1.10. The van der Waals surface area contributed by atoms with E-state index in [0.29, 0.717) is 30.4 Å². The Hall–Kier alpha value is -2.82. The fourth-order valence-corrected chi connectivity index (χ4v) is 5.18. The number of pyridine rings is 1. The van der Waals surface area contributed by atoms with Gasteiger partial charge in [0.05, 0.1) is 5.56 Å². The number of benzene rings is 2. The Kier molecular flexibility index (Phi) is 4.99. The predicted octanol–water partition coefficient (Wildman–Crippen LogP) is 6.49. The van der Waals surface area contributed by atoms with Crippen LogP contribution < -0.4 is 4.74 Å². The van der Waals surface area contributed by atoms with Gasteiger partial charge in [-0.3, -0.25) is 0 Å². The summed E-state index contributed by atoms with van der Waals surface area (Å²) in [4.78, 5) is 4.45. The lowest BCUT2D eigenvalue weighted by molar-refractivity contribution is -0.138. The smallest absolute Gasteiger partial charge is 0.416 e. The lowest BCUT2D eigenvalue weighted by atomic mass is 9.88. The first-order chi connectivity index (χ1) is 14.9. The minimum absolute atomic E-state index is 0.243. The van der Waals surface area contributed by atoms with Gasteiger partial charge in [0, 0.05) is 18.2 Å². The molecule has 0 amide bonds. The summed E-state index contributed by atoms with van der Waals surface area (Å²) >= 11 is 0. The SMILES string of the molecule is CC1Cc2cnc(OCc3cccc4c3CCC4c3ccccc3C(F)(F)F)cc2C1. The van der Waals surface area contributed by atoms with Crippen LogP contribution in [0.25, 0.3) is 0 Å². The van der Waals surface area contributed by atoms with Gasteiger partial charge in [0.1, 0.15) is 6.61 Å². The number of nitrogens with zero attached hydrogens (tertiary/aromatic N) is 1. The van der Waals surface area contributed by atoms with E-state index in [2.05, 4.69) is 11.9 Å². The van der Waals surface area contributed by atoms with Gasteiger partial charge in [-0.1, -0.05) is 43.3 Å². The second kappa shape index (κ2) is 7.70. The molecular formula is C26H24F3NO. The molecule has 5 heteroatoms. The Morgan fingerprint density at radius 2 is 1.77 bits per heavy atom. The number of rotatable bonds is 4. The number of ether oxygens (including phenoxy) is 1. The van der Waals surface area contributed by atoms with Crippen molar-refractivity contribution < 1.29 is 17.9 Å². The van der Waals surface area contributed by atoms with E-state index in [-0.39, 0.29) is 5.92 Å². The van der Waals surface area contributed by atoms with Crippen LogP contribution in [0.3, 0.4) is 0 Å². The number of halogens is 3. The lowest BCUT2D eigenvalue weighted by Gasteiger charge is -2.19. The average molecular weight is 423 g/mol. The zero-order chi connectivity index (χ0) is 21.6. The van der Waals surface area contributed by atoms with E-state index in [1.54, 1.807) is 12.1 Å². The molecule has 5 rings (SSSR count). The van der Waals surface area contributed by atoms with Crippen LogP contribution in [0.4, 0.5) is 13.2 Å². The highest BCUT2D eigenvalue weighted by Gasteiger charge is 2.37. The molecule has 2 aliphatic rings. The predicted molar refractivity (Wildman–Crippen MR) is 113 cm³/mol. The summed E-state index contributed by atoms with van der Waals surface area (Å²) in [6, 6.07) is 13.9. The number of hydrogen-bond donors (Lipinski definition) is 0. The van der Waals surface area contributed by atoms with Crippen LogP contribution in [0.5, 0.6) is 5.88 Å². The van der Waals surface area contributed by atoms with Crippen molar-refractivity contribution in [1.82, 2.24) is 4.98 Å². The third-order valence-electron chi connectivity index (χ3n) is 6.58. The summed E-state index contributed by atoms with van der Waals surface area (Å²) in [5.41, 5.74) is 5.55. The Balaban J connectivity index is 1.39. The first kappa shape index (κ1) is 20.1. The molecule has 1 aromatic heterocycles. The van der Waals surface area contributed by atoms with Gasteiger partial charge in [0.15, 0.2) is 0 Å². The molecule has 2 nitrogen and oxygen atoms in total. The number of aromatic nitrogens is 1. The minimum atomic E-state index is -4.35. The summed E-state index contributed by atoms with van der Waals surface area (Å²) in [7, 11) is 0. The molecule has 2 atom stereocenters. The average Bonchev–Trinajstić information content (AvgIpc) is 3.34. The molecule has 0 aliphatic heterocycles. The fraction of sp³-hybridized carbons (Fsp3) is 0.346. The van der Waals surface area contributed by atoms with Gasteiger partial charge >= 0.3 is 6.18 Å². The molecular weight excluding hydrogens is 399 g/mol.